The second-order valence-electron chi connectivity index (χ2n) is 9.86. The summed E-state index contributed by atoms with van der Waals surface area (Å²) in [6, 6.07) is 23.5. The van der Waals surface area contributed by atoms with Crippen LogP contribution in [0, 0.1) is 0 Å². The molecule has 0 radical (unpaired) electrons. The predicted molar refractivity (Wildman–Crippen MR) is 145 cm³/mol. The molecule has 1 aliphatic carbocycles. The number of halogens is 2. The van der Waals surface area contributed by atoms with E-state index in [-0.39, 0.29) is 5.91 Å². The fourth-order valence-corrected chi connectivity index (χ4v) is 6.20. The van der Waals surface area contributed by atoms with E-state index in [1.165, 1.54) is 41.5 Å². The Morgan fingerprint density at radius 2 is 1.60 bits per heavy atom. The molecule has 0 N–H and O–H groups in total. The van der Waals surface area contributed by atoms with Crippen LogP contribution in [0.1, 0.15) is 48.8 Å². The van der Waals surface area contributed by atoms with Gasteiger partial charge in [-0.05, 0) is 66.3 Å². The highest BCUT2D eigenvalue weighted by Gasteiger charge is 2.29. The van der Waals surface area contributed by atoms with E-state index < -0.39 is 0 Å². The number of carbonyl (C=O) groups excluding carboxylic acids is 1. The SMILES string of the molecule is C[C@H]1CN(C(=O)Cc2ccc(Cl)cc2Cl)CCN1CCCCC1c2ccccc2-c2ccccc21. The molecule has 1 aliphatic heterocycles. The fraction of sp³-hybridized carbons (Fsp3) is 0.367. The number of rotatable bonds is 7. The summed E-state index contributed by atoms with van der Waals surface area (Å²) in [4.78, 5) is 17.4. The van der Waals surface area contributed by atoms with Gasteiger partial charge >= 0.3 is 0 Å². The molecule has 0 saturated carbocycles. The zero-order valence-corrected chi connectivity index (χ0v) is 21.7. The van der Waals surface area contributed by atoms with Crippen LogP contribution in [0.5, 0.6) is 0 Å². The van der Waals surface area contributed by atoms with Crippen molar-refractivity contribution in [3.05, 3.63) is 93.5 Å². The Hall–Kier alpha value is -2.33. The molecule has 3 aromatic rings. The molecule has 1 atom stereocenters. The summed E-state index contributed by atoms with van der Waals surface area (Å²) < 4.78 is 0. The molecule has 0 unspecified atom stereocenters. The van der Waals surface area contributed by atoms with Crippen molar-refractivity contribution in [2.45, 2.75) is 44.6 Å². The molecule has 1 heterocycles. The number of benzene rings is 3. The number of hydrogen-bond donors (Lipinski definition) is 0. The third-order valence-electron chi connectivity index (χ3n) is 7.63. The second-order valence-corrected chi connectivity index (χ2v) is 10.7. The summed E-state index contributed by atoms with van der Waals surface area (Å²) in [5, 5.41) is 1.15. The monoisotopic (exact) mass is 506 g/mol. The summed E-state index contributed by atoms with van der Waals surface area (Å²) in [5.74, 6) is 0.647. The van der Waals surface area contributed by atoms with E-state index in [4.69, 9.17) is 23.2 Å². The maximum atomic E-state index is 12.9. The highest BCUT2D eigenvalue weighted by Crippen LogP contribution is 2.46. The summed E-state index contributed by atoms with van der Waals surface area (Å²) in [5.41, 5.74) is 6.61. The lowest BCUT2D eigenvalue weighted by Gasteiger charge is -2.40. The standard InChI is InChI=1S/C30H32Cl2N2O/c1-21-20-34(30(35)18-22-13-14-23(31)19-29(22)32)17-16-33(21)15-7-6-12-28-26-10-4-2-8-24(26)25-9-3-5-11-27(25)28/h2-5,8-11,13-14,19,21,28H,6-7,12,15-18,20H2,1H3/t21-/m0/s1. The predicted octanol–water partition coefficient (Wildman–Crippen LogP) is 7.05. The van der Waals surface area contributed by atoms with Gasteiger partial charge in [-0.15, -0.1) is 0 Å². The third-order valence-corrected chi connectivity index (χ3v) is 8.21. The van der Waals surface area contributed by atoms with Gasteiger partial charge in [0.05, 0.1) is 6.42 Å². The first-order chi connectivity index (χ1) is 17.0. The molecule has 2 aliphatic rings. The Morgan fingerprint density at radius 1 is 0.914 bits per heavy atom. The minimum atomic E-state index is 0.138. The van der Waals surface area contributed by atoms with Gasteiger partial charge in [0.2, 0.25) is 5.91 Å². The van der Waals surface area contributed by atoms with E-state index in [1.807, 2.05) is 11.0 Å². The molecule has 0 aromatic heterocycles. The molecular weight excluding hydrogens is 475 g/mol. The number of piperazine rings is 1. The van der Waals surface area contributed by atoms with Crippen LogP contribution in [-0.2, 0) is 11.2 Å². The van der Waals surface area contributed by atoms with Crippen molar-refractivity contribution >= 4 is 29.1 Å². The van der Waals surface area contributed by atoms with Gasteiger partial charge in [-0.1, -0.05) is 84.2 Å². The number of amides is 1. The summed E-state index contributed by atoms with van der Waals surface area (Å²) in [7, 11) is 0. The van der Waals surface area contributed by atoms with Gasteiger partial charge in [0.15, 0.2) is 0 Å². The zero-order valence-electron chi connectivity index (χ0n) is 20.2. The summed E-state index contributed by atoms with van der Waals surface area (Å²) in [6.45, 7) is 5.79. The van der Waals surface area contributed by atoms with E-state index in [0.29, 0.717) is 28.4 Å². The lowest BCUT2D eigenvalue weighted by atomic mass is 9.91. The van der Waals surface area contributed by atoms with Crippen LogP contribution in [0.3, 0.4) is 0 Å². The average molecular weight is 508 g/mol. The molecule has 3 nitrogen and oxygen atoms in total. The highest BCUT2D eigenvalue weighted by molar-refractivity contribution is 6.35. The Kier molecular flexibility index (Phi) is 7.48. The average Bonchev–Trinajstić information content (AvgIpc) is 3.18. The van der Waals surface area contributed by atoms with E-state index in [2.05, 4.69) is 60.4 Å². The van der Waals surface area contributed by atoms with Crippen LogP contribution >= 0.6 is 23.2 Å². The van der Waals surface area contributed by atoms with E-state index in [9.17, 15) is 4.79 Å². The minimum Gasteiger partial charge on any atom is -0.340 e. The van der Waals surface area contributed by atoms with Gasteiger partial charge < -0.3 is 4.90 Å². The van der Waals surface area contributed by atoms with Crippen LogP contribution in [0.15, 0.2) is 66.7 Å². The zero-order chi connectivity index (χ0) is 24.4. The van der Waals surface area contributed by atoms with Crippen LogP contribution in [0.2, 0.25) is 10.0 Å². The van der Waals surface area contributed by atoms with E-state index in [0.717, 1.165) is 31.7 Å². The van der Waals surface area contributed by atoms with Gasteiger partial charge in [-0.3, -0.25) is 9.69 Å². The van der Waals surface area contributed by atoms with Crippen molar-refractivity contribution in [2.75, 3.05) is 26.2 Å². The van der Waals surface area contributed by atoms with Gasteiger partial charge in [-0.2, -0.15) is 0 Å². The quantitative estimate of drug-likeness (QED) is 0.320. The van der Waals surface area contributed by atoms with Crippen molar-refractivity contribution < 1.29 is 4.79 Å². The van der Waals surface area contributed by atoms with Gasteiger partial charge in [-0.25, -0.2) is 0 Å². The Balaban J connectivity index is 1.11. The first-order valence-electron chi connectivity index (χ1n) is 12.6. The summed E-state index contributed by atoms with van der Waals surface area (Å²) in [6.07, 6.45) is 3.89. The number of carbonyl (C=O) groups is 1. The smallest absolute Gasteiger partial charge is 0.227 e. The molecule has 5 rings (SSSR count). The Bertz CT molecular complexity index is 1160. The number of unbranched alkanes of at least 4 members (excludes halogenated alkanes) is 1. The van der Waals surface area contributed by atoms with Crippen LogP contribution < -0.4 is 0 Å². The van der Waals surface area contributed by atoms with Crippen LogP contribution in [0.4, 0.5) is 0 Å². The van der Waals surface area contributed by atoms with E-state index >= 15 is 0 Å². The topological polar surface area (TPSA) is 23.6 Å². The van der Waals surface area contributed by atoms with Crippen molar-refractivity contribution in [3.8, 4) is 11.1 Å². The van der Waals surface area contributed by atoms with Gasteiger partial charge in [0, 0.05) is 41.6 Å². The summed E-state index contributed by atoms with van der Waals surface area (Å²) >= 11 is 12.3. The van der Waals surface area contributed by atoms with Gasteiger partial charge in [0.25, 0.3) is 0 Å². The van der Waals surface area contributed by atoms with Gasteiger partial charge in [0.1, 0.15) is 0 Å². The van der Waals surface area contributed by atoms with Crippen molar-refractivity contribution in [2.24, 2.45) is 0 Å². The first kappa shape index (κ1) is 24.4. The number of hydrogen-bond acceptors (Lipinski definition) is 2. The molecule has 5 heteroatoms. The van der Waals surface area contributed by atoms with E-state index in [1.54, 1.807) is 12.1 Å². The second kappa shape index (κ2) is 10.7. The largest absolute Gasteiger partial charge is 0.340 e. The van der Waals surface area contributed by atoms with Crippen LogP contribution in [-0.4, -0.2) is 47.9 Å². The van der Waals surface area contributed by atoms with Crippen molar-refractivity contribution in [3.63, 3.8) is 0 Å². The molecular formula is C30H32Cl2N2O. The molecule has 1 amide bonds. The molecule has 0 spiro atoms. The minimum absolute atomic E-state index is 0.138. The Labute approximate surface area is 218 Å². The molecule has 182 valence electrons. The van der Waals surface area contributed by atoms with Crippen molar-refractivity contribution in [1.82, 2.24) is 9.80 Å². The third kappa shape index (κ3) is 5.28. The molecule has 1 fully saturated rings. The lowest BCUT2D eigenvalue weighted by molar-refractivity contribution is -0.133. The number of fused-ring (bicyclic) bond motifs is 3. The van der Waals surface area contributed by atoms with Crippen molar-refractivity contribution in [1.29, 1.82) is 0 Å². The maximum absolute atomic E-state index is 12.9. The Morgan fingerprint density at radius 3 is 2.26 bits per heavy atom. The lowest BCUT2D eigenvalue weighted by Crippen LogP contribution is -2.54. The maximum Gasteiger partial charge on any atom is 0.227 e. The van der Waals surface area contributed by atoms with Crippen LogP contribution in [0.25, 0.3) is 11.1 Å². The first-order valence-corrected chi connectivity index (χ1v) is 13.4. The fourth-order valence-electron chi connectivity index (χ4n) is 5.73. The highest BCUT2D eigenvalue weighted by atomic mass is 35.5. The molecule has 1 saturated heterocycles. The molecule has 35 heavy (non-hydrogen) atoms. The molecule has 3 aromatic carbocycles. The number of nitrogens with zero attached hydrogens (tertiary/aromatic N) is 2. The molecule has 0 bridgehead atoms. The normalized spacial score (nSPS) is 17.9.